The lowest BCUT2D eigenvalue weighted by molar-refractivity contribution is -0.147. The predicted molar refractivity (Wildman–Crippen MR) is 99.7 cm³/mol. The van der Waals surface area contributed by atoms with Gasteiger partial charge in [-0.05, 0) is 84.3 Å². The second-order valence-electron chi connectivity index (χ2n) is 8.20. The van der Waals surface area contributed by atoms with Gasteiger partial charge in [-0.1, -0.05) is 23.8 Å². The first kappa shape index (κ1) is 21.2. The molecule has 4 heteroatoms. The highest BCUT2D eigenvalue weighted by atomic mass is 16.5. The summed E-state index contributed by atoms with van der Waals surface area (Å²) in [7, 11) is 0. The van der Waals surface area contributed by atoms with Gasteiger partial charge in [0.1, 0.15) is 5.60 Å². The van der Waals surface area contributed by atoms with Gasteiger partial charge in [-0.15, -0.1) is 0 Å². The number of benzene rings is 1. The molecule has 25 heavy (non-hydrogen) atoms. The first-order valence-corrected chi connectivity index (χ1v) is 9.00. The minimum absolute atomic E-state index is 0.420. The number of carboxylic acid groups (broad SMARTS) is 1. The van der Waals surface area contributed by atoms with Crippen molar-refractivity contribution < 1.29 is 19.4 Å². The number of carbonyl (C=O) groups excluding carboxylic acids is 1. The van der Waals surface area contributed by atoms with Crippen LogP contribution in [-0.4, -0.2) is 23.1 Å². The molecule has 0 aromatic heterocycles. The molecule has 0 heterocycles. The van der Waals surface area contributed by atoms with Gasteiger partial charge in [0.25, 0.3) is 6.47 Å². The molecule has 0 aliphatic heterocycles. The van der Waals surface area contributed by atoms with Crippen molar-refractivity contribution in [3.63, 3.8) is 0 Å². The second-order valence-corrected chi connectivity index (χ2v) is 8.20. The van der Waals surface area contributed by atoms with Crippen molar-refractivity contribution in [2.45, 2.75) is 78.7 Å². The van der Waals surface area contributed by atoms with Gasteiger partial charge in [0.2, 0.25) is 0 Å². The molecular weight excluding hydrogens is 316 g/mol. The van der Waals surface area contributed by atoms with Crippen LogP contribution in [0.1, 0.15) is 70.1 Å². The lowest BCUT2D eigenvalue weighted by Gasteiger charge is -2.22. The summed E-state index contributed by atoms with van der Waals surface area (Å²) < 4.78 is 5.09. The van der Waals surface area contributed by atoms with Crippen molar-refractivity contribution in [3.05, 3.63) is 34.9 Å². The molecule has 0 spiro atoms. The van der Waals surface area contributed by atoms with E-state index in [1.807, 2.05) is 13.8 Å². The Balaban J connectivity index is 2.58. The fourth-order valence-corrected chi connectivity index (χ4v) is 2.99. The molecule has 0 atom stereocenters. The summed E-state index contributed by atoms with van der Waals surface area (Å²) in [6.45, 7) is 10.0. The van der Waals surface area contributed by atoms with Crippen LogP contribution in [0.5, 0.6) is 0 Å². The first-order valence-electron chi connectivity index (χ1n) is 9.00. The molecule has 1 aromatic rings. The number of carbonyl (C=O) groups is 2. The van der Waals surface area contributed by atoms with Crippen molar-refractivity contribution in [1.29, 1.82) is 0 Å². The van der Waals surface area contributed by atoms with Crippen LogP contribution in [0.25, 0.3) is 0 Å². The van der Waals surface area contributed by atoms with E-state index in [1.54, 1.807) is 13.8 Å². The molecule has 4 nitrogen and oxygen atoms in total. The normalized spacial score (nSPS) is 12.0. The van der Waals surface area contributed by atoms with E-state index in [0.717, 1.165) is 32.1 Å². The fraction of sp³-hybridized carbons (Fsp3) is 0.619. The van der Waals surface area contributed by atoms with Crippen LogP contribution in [0, 0.1) is 12.3 Å². The van der Waals surface area contributed by atoms with E-state index in [2.05, 4.69) is 25.1 Å². The molecule has 0 saturated carbocycles. The highest BCUT2D eigenvalue weighted by Gasteiger charge is 2.26. The minimum atomic E-state index is -0.738. The molecule has 0 saturated heterocycles. The molecule has 0 aliphatic carbocycles. The number of aryl methyl sites for hydroxylation is 3. The van der Waals surface area contributed by atoms with Gasteiger partial charge < -0.3 is 9.84 Å². The molecule has 0 amide bonds. The van der Waals surface area contributed by atoms with Gasteiger partial charge in [-0.25, -0.2) is 0 Å². The highest BCUT2D eigenvalue weighted by molar-refractivity contribution is 5.73. The first-order chi connectivity index (χ1) is 11.6. The Morgan fingerprint density at radius 3 is 2.04 bits per heavy atom. The highest BCUT2D eigenvalue weighted by Crippen LogP contribution is 2.24. The molecule has 0 aliphatic rings. The number of aliphatic carboxylic acids is 1. The summed E-state index contributed by atoms with van der Waals surface area (Å²) in [6.07, 6.45) is 5.15. The number of carboxylic acids is 1. The fourth-order valence-electron chi connectivity index (χ4n) is 2.99. The third-order valence-corrected chi connectivity index (χ3v) is 4.65. The maximum absolute atomic E-state index is 11.2. The zero-order valence-corrected chi connectivity index (χ0v) is 16.2. The zero-order valence-electron chi connectivity index (χ0n) is 16.2. The van der Waals surface area contributed by atoms with Gasteiger partial charge in [0.05, 0.1) is 5.41 Å². The summed E-state index contributed by atoms with van der Waals surface area (Å²) in [5.74, 6) is -0.738. The molecule has 0 fully saturated rings. The lowest BCUT2D eigenvalue weighted by atomic mass is 9.86. The van der Waals surface area contributed by atoms with Crippen molar-refractivity contribution in [1.82, 2.24) is 0 Å². The molecule has 0 radical (unpaired) electrons. The molecular formula is C21H32O4. The molecule has 1 N–H and O–H groups in total. The SMILES string of the molecule is Cc1cc(CCCC(C)(C)OC=O)cc(CCCC(C)(C)C(=O)O)c1. The van der Waals surface area contributed by atoms with Crippen molar-refractivity contribution >= 4 is 12.4 Å². The van der Waals surface area contributed by atoms with Crippen LogP contribution in [0.15, 0.2) is 18.2 Å². The van der Waals surface area contributed by atoms with Gasteiger partial charge in [-0.3, -0.25) is 9.59 Å². The Morgan fingerprint density at radius 2 is 1.56 bits per heavy atom. The summed E-state index contributed by atoms with van der Waals surface area (Å²) in [5, 5.41) is 9.20. The van der Waals surface area contributed by atoms with Crippen LogP contribution in [-0.2, 0) is 27.2 Å². The number of hydrogen-bond acceptors (Lipinski definition) is 3. The average Bonchev–Trinajstić information content (AvgIpc) is 2.46. The molecule has 140 valence electrons. The third-order valence-electron chi connectivity index (χ3n) is 4.65. The van der Waals surface area contributed by atoms with Crippen LogP contribution >= 0.6 is 0 Å². The summed E-state index contributed by atoms with van der Waals surface area (Å²) in [4.78, 5) is 21.7. The summed E-state index contributed by atoms with van der Waals surface area (Å²) in [6, 6.07) is 6.59. The maximum atomic E-state index is 11.2. The van der Waals surface area contributed by atoms with E-state index < -0.39 is 17.0 Å². The summed E-state index contributed by atoms with van der Waals surface area (Å²) in [5.41, 5.74) is 2.69. The molecule has 0 unspecified atom stereocenters. The number of hydrogen-bond donors (Lipinski definition) is 1. The van der Waals surface area contributed by atoms with Crippen molar-refractivity contribution in [3.8, 4) is 0 Å². The topological polar surface area (TPSA) is 63.6 Å². The lowest BCUT2D eigenvalue weighted by Crippen LogP contribution is -2.23. The van der Waals surface area contributed by atoms with Crippen LogP contribution in [0.3, 0.4) is 0 Å². The van der Waals surface area contributed by atoms with E-state index in [1.165, 1.54) is 16.7 Å². The smallest absolute Gasteiger partial charge is 0.309 e. The number of rotatable bonds is 11. The minimum Gasteiger partial charge on any atom is -0.481 e. The Labute approximate surface area is 151 Å². The largest absolute Gasteiger partial charge is 0.481 e. The Hall–Kier alpha value is -1.84. The quantitative estimate of drug-likeness (QED) is 0.589. The van der Waals surface area contributed by atoms with Crippen molar-refractivity contribution in [2.24, 2.45) is 5.41 Å². The van der Waals surface area contributed by atoms with Crippen LogP contribution in [0.2, 0.25) is 0 Å². The van der Waals surface area contributed by atoms with Gasteiger partial charge in [0, 0.05) is 0 Å². The molecule has 1 rings (SSSR count). The van der Waals surface area contributed by atoms with E-state index in [-0.39, 0.29) is 0 Å². The monoisotopic (exact) mass is 348 g/mol. The zero-order chi connectivity index (χ0) is 19.1. The maximum Gasteiger partial charge on any atom is 0.309 e. The number of ether oxygens (including phenoxy) is 1. The Kier molecular flexibility index (Phi) is 7.65. The van der Waals surface area contributed by atoms with Gasteiger partial charge in [-0.2, -0.15) is 0 Å². The van der Waals surface area contributed by atoms with Crippen molar-refractivity contribution in [2.75, 3.05) is 0 Å². The average molecular weight is 348 g/mol. The predicted octanol–water partition coefficient (Wildman–Crippen LogP) is 4.70. The van der Waals surface area contributed by atoms with Crippen LogP contribution in [0.4, 0.5) is 0 Å². The summed E-state index contributed by atoms with van der Waals surface area (Å²) >= 11 is 0. The van der Waals surface area contributed by atoms with E-state index in [4.69, 9.17) is 4.74 Å². The Morgan fingerprint density at radius 1 is 1.04 bits per heavy atom. The second kappa shape index (κ2) is 9.02. The van der Waals surface area contributed by atoms with Gasteiger partial charge >= 0.3 is 5.97 Å². The van der Waals surface area contributed by atoms with Gasteiger partial charge in [0.15, 0.2) is 0 Å². The molecule has 1 aromatic carbocycles. The standard InChI is InChI=1S/C21H32O4/c1-16-12-17(8-6-10-20(2,3)19(23)24)14-18(13-16)9-7-11-21(4,5)25-15-22/h12-15H,6-11H2,1-5H3,(H,23,24). The van der Waals surface area contributed by atoms with E-state index in [0.29, 0.717) is 12.9 Å². The third kappa shape index (κ3) is 7.72. The Bertz CT molecular complexity index is 588. The van der Waals surface area contributed by atoms with E-state index >= 15 is 0 Å². The van der Waals surface area contributed by atoms with Crippen LogP contribution < -0.4 is 0 Å². The molecule has 0 bridgehead atoms. The van der Waals surface area contributed by atoms with E-state index in [9.17, 15) is 14.7 Å².